The van der Waals surface area contributed by atoms with E-state index >= 15 is 0 Å². The van der Waals surface area contributed by atoms with Gasteiger partial charge in [-0.15, -0.1) is 0 Å². The zero-order valence-electron chi connectivity index (χ0n) is 8.42. The van der Waals surface area contributed by atoms with Crippen LogP contribution >= 0.6 is 0 Å². The van der Waals surface area contributed by atoms with Gasteiger partial charge in [0.2, 0.25) is 0 Å². The van der Waals surface area contributed by atoms with Crippen LogP contribution in [0.25, 0.3) is 0 Å². The van der Waals surface area contributed by atoms with Crippen LogP contribution in [0.2, 0.25) is 0 Å². The van der Waals surface area contributed by atoms with E-state index in [2.05, 4.69) is 5.32 Å². The molecule has 0 spiro atoms. The highest BCUT2D eigenvalue weighted by Gasteiger charge is 2.12. The van der Waals surface area contributed by atoms with Gasteiger partial charge in [-0.3, -0.25) is 4.79 Å². The third kappa shape index (κ3) is 2.32. The predicted octanol–water partition coefficient (Wildman–Crippen LogP) is 1.34. The maximum absolute atomic E-state index is 11.5. The maximum atomic E-state index is 11.5. The highest BCUT2D eigenvalue weighted by molar-refractivity contribution is 5.93. The molecule has 0 saturated carbocycles. The topological polar surface area (TPSA) is 75.6 Å². The van der Waals surface area contributed by atoms with Crippen molar-refractivity contribution in [3.05, 3.63) is 48.3 Å². The van der Waals surface area contributed by atoms with Gasteiger partial charge in [0.1, 0.15) is 6.26 Å². The molecule has 0 aliphatic carbocycles. The number of carbonyl (C=O) groups excluding carboxylic acids is 1. The molecule has 2 heterocycles. The van der Waals surface area contributed by atoms with Gasteiger partial charge in [0, 0.05) is 12.1 Å². The van der Waals surface area contributed by atoms with Gasteiger partial charge in [-0.05, 0) is 12.1 Å². The molecule has 16 heavy (non-hydrogen) atoms. The first kappa shape index (κ1) is 10.5. The van der Waals surface area contributed by atoms with Crippen molar-refractivity contribution in [2.24, 2.45) is 0 Å². The Kier molecular flexibility index (Phi) is 3.07. The van der Waals surface area contributed by atoms with E-state index in [1.165, 1.54) is 25.1 Å². The van der Waals surface area contributed by atoms with E-state index in [4.69, 9.17) is 8.83 Å². The van der Waals surface area contributed by atoms with E-state index in [9.17, 15) is 9.90 Å². The minimum Gasteiger partial charge on any atom is -0.472 e. The van der Waals surface area contributed by atoms with Gasteiger partial charge in [0.25, 0.3) is 5.91 Å². The van der Waals surface area contributed by atoms with Crippen molar-refractivity contribution in [1.29, 1.82) is 0 Å². The molecule has 0 radical (unpaired) electrons. The Hall–Kier alpha value is -2.01. The third-order valence-corrected chi connectivity index (χ3v) is 2.17. The molecule has 1 atom stereocenters. The maximum Gasteiger partial charge on any atom is 0.254 e. The van der Waals surface area contributed by atoms with Crippen molar-refractivity contribution < 1.29 is 18.7 Å². The van der Waals surface area contributed by atoms with E-state index in [1.807, 2.05) is 0 Å². The lowest BCUT2D eigenvalue weighted by molar-refractivity contribution is 0.0915. The Morgan fingerprint density at radius 2 is 2.06 bits per heavy atom. The molecule has 2 aromatic rings. The van der Waals surface area contributed by atoms with Crippen LogP contribution in [0.15, 0.2) is 46.0 Å². The van der Waals surface area contributed by atoms with Crippen LogP contribution in [-0.2, 0) is 0 Å². The summed E-state index contributed by atoms with van der Waals surface area (Å²) < 4.78 is 9.60. The lowest BCUT2D eigenvalue weighted by Crippen LogP contribution is -2.27. The molecular formula is C11H11NO4. The minimum absolute atomic E-state index is 0.129. The molecule has 2 aromatic heterocycles. The Labute approximate surface area is 91.7 Å². The summed E-state index contributed by atoms with van der Waals surface area (Å²) in [6.07, 6.45) is 4.90. The Morgan fingerprint density at radius 3 is 2.69 bits per heavy atom. The number of hydrogen-bond acceptors (Lipinski definition) is 4. The van der Waals surface area contributed by atoms with Crippen LogP contribution < -0.4 is 5.32 Å². The number of hydrogen-bond donors (Lipinski definition) is 2. The molecule has 5 nitrogen and oxygen atoms in total. The Morgan fingerprint density at radius 1 is 1.31 bits per heavy atom. The SMILES string of the molecule is O=C(NC[C@H](O)c1ccoc1)c1ccoc1. The molecule has 0 unspecified atom stereocenters. The smallest absolute Gasteiger partial charge is 0.254 e. The molecular weight excluding hydrogens is 210 g/mol. The predicted molar refractivity (Wildman–Crippen MR) is 54.7 cm³/mol. The number of aliphatic hydroxyl groups is 1. The zero-order valence-corrected chi connectivity index (χ0v) is 8.42. The van der Waals surface area contributed by atoms with Gasteiger partial charge in [-0.2, -0.15) is 0 Å². The fourth-order valence-electron chi connectivity index (χ4n) is 1.27. The van der Waals surface area contributed by atoms with Crippen molar-refractivity contribution in [2.75, 3.05) is 6.54 Å². The Balaban J connectivity index is 1.86. The summed E-state index contributed by atoms with van der Waals surface area (Å²) in [6.45, 7) is 0.129. The summed E-state index contributed by atoms with van der Waals surface area (Å²) in [6, 6.07) is 3.20. The molecule has 0 bridgehead atoms. The number of nitrogens with one attached hydrogen (secondary N) is 1. The molecule has 84 valence electrons. The van der Waals surface area contributed by atoms with Gasteiger partial charge >= 0.3 is 0 Å². The van der Waals surface area contributed by atoms with Crippen molar-refractivity contribution in [1.82, 2.24) is 5.32 Å². The van der Waals surface area contributed by atoms with Gasteiger partial charge in [-0.1, -0.05) is 0 Å². The van der Waals surface area contributed by atoms with Crippen LogP contribution in [0.4, 0.5) is 0 Å². The third-order valence-electron chi connectivity index (χ3n) is 2.17. The van der Waals surface area contributed by atoms with Crippen molar-refractivity contribution >= 4 is 5.91 Å². The summed E-state index contributed by atoms with van der Waals surface area (Å²) in [5.74, 6) is -0.281. The molecule has 2 N–H and O–H groups in total. The summed E-state index contributed by atoms with van der Waals surface area (Å²) in [5, 5.41) is 12.2. The normalized spacial score (nSPS) is 12.3. The van der Waals surface area contributed by atoms with Gasteiger partial charge < -0.3 is 19.3 Å². The summed E-state index contributed by atoms with van der Waals surface area (Å²) in [4.78, 5) is 11.5. The van der Waals surface area contributed by atoms with Crippen molar-refractivity contribution in [3.63, 3.8) is 0 Å². The second-order valence-corrected chi connectivity index (χ2v) is 3.29. The largest absolute Gasteiger partial charge is 0.472 e. The highest BCUT2D eigenvalue weighted by atomic mass is 16.3. The summed E-state index contributed by atoms with van der Waals surface area (Å²) >= 11 is 0. The standard InChI is InChI=1S/C11H11NO4/c13-10(8-1-3-15-6-8)5-12-11(14)9-2-4-16-7-9/h1-4,6-7,10,13H,5H2,(H,12,14)/t10-/m0/s1. The number of carbonyl (C=O) groups is 1. The number of furan rings is 2. The first-order valence-corrected chi connectivity index (χ1v) is 4.78. The molecule has 0 aliphatic rings. The van der Waals surface area contributed by atoms with E-state index in [1.54, 1.807) is 12.1 Å². The van der Waals surface area contributed by atoms with Crippen LogP contribution in [0.5, 0.6) is 0 Å². The van der Waals surface area contributed by atoms with Crippen molar-refractivity contribution in [3.8, 4) is 0 Å². The molecule has 2 rings (SSSR count). The molecule has 0 aromatic carbocycles. The second-order valence-electron chi connectivity index (χ2n) is 3.29. The summed E-state index contributed by atoms with van der Waals surface area (Å²) in [5.41, 5.74) is 1.06. The molecule has 0 fully saturated rings. The number of amides is 1. The number of rotatable bonds is 4. The van der Waals surface area contributed by atoms with Gasteiger partial charge in [0.05, 0.1) is 30.5 Å². The van der Waals surface area contributed by atoms with Crippen molar-refractivity contribution in [2.45, 2.75) is 6.10 Å². The monoisotopic (exact) mass is 221 g/mol. The fraction of sp³-hybridized carbons (Fsp3) is 0.182. The first-order valence-electron chi connectivity index (χ1n) is 4.78. The first-order chi connectivity index (χ1) is 7.77. The molecule has 5 heteroatoms. The average Bonchev–Trinajstić information content (AvgIpc) is 2.95. The minimum atomic E-state index is -0.769. The summed E-state index contributed by atoms with van der Waals surface area (Å²) in [7, 11) is 0. The fourth-order valence-corrected chi connectivity index (χ4v) is 1.27. The lowest BCUT2D eigenvalue weighted by Gasteiger charge is -2.08. The van der Waals surface area contributed by atoms with Crippen LogP contribution in [0, 0.1) is 0 Å². The van der Waals surface area contributed by atoms with Gasteiger partial charge in [0.15, 0.2) is 0 Å². The molecule has 0 aliphatic heterocycles. The van der Waals surface area contributed by atoms with Crippen LogP contribution in [-0.4, -0.2) is 17.6 Å². The zero-order chi connectivity index (χ0) is 11.4. The lowest BCUT2D eigenvalue weighted by atomic mass is 10.2. The average molecular weight is 221 g/mol. The van der Waals surface area contributed by atoms with E-state index in [0.717, 1.165) is 0 Å². The van der Waals surface area contributed by atoms with Gasteiger partial charge in [-0.25, -0.2) is 0 Å². The van der Waals surface area contributed by atoms with E-state index in [0.29, 0.717) is 11.1 Å². The molecule has 1 amide bonds. The quantitative estimate of drug-likeness (QED) is 0.816. The van der Waals surface area contributed by atoms with Crippen LogP contribution in [0.3, 0.4) is 0 Å². The highest BCUT2D eigenvalue weighted by Crippen LogP contribution is 2.11. The van der Waals surface area contributed by atoms with E-state index < -0.39 is 6.10 Å². The number of aliphatic hydroxyl groups excluding tert-OH is 1. The van der Waals surface area contributed by atoms with E-state index in [-0.39, 0.29) is 12.5 Å². The Bertz CT molecular complexity index is 433. The second kappa shape index (κ2) is 4.67. The van der Waals surface area contributed by atoms with Crippen LogP contribution in [0.1, 0.15) is 22.0 Å². The molecule has 0 saturated heterocycles.